The number of hydrogen-bond donors (Lipinski definition) is 2. The average Bonchev–Trinajstić information content (AvgIpc) is 3.22. The fourth-order valence-electron chi connectivity index (χ4n) is 3.98. The van der Waals surface area contributed by atoms with Crippen LogP contribution >= 0.6 is 11.3 Å². The highest BCUT2D eigenvalue weighted by atomic mass is 32.1. The molecule has 2 aliphatic heterocycles. The Hall–Kier alpha value is -2.87. The number of para-hydroxylation sites is 1. The summed E-state index contributed by atoms with van der Waals surface area (Å²) in [5.74, 6) is 0.0141. The molecule has 4 rings (SSSR count). The van der Waals surface area contributed by atoms with Gasteiger partial charge < -0.3 is 20.3 Å². The Morgan fingerprint density at radius 3 is 2.77 bits per heavy atom. The molecule has 1 spiro atoms. The Morgan fingerprint density at radius 2 is 2.00 bits per heavy atom. The summed E-state index contributed by atoms with van der Waals surface area (Å²) in [5.41, 5.74) is -0.443. The minimum absolute atomic E-state index is 0.116. The van der Waals surface area contributed by atoms with Gasteiger partial charge >= 0.3 is 0 Å². The van der Waals surface area contributed by atoms with E-state index in [0.717, 1.165) is 4.88 Å². The maximum atomic E-state index is 12.8. The Balaban J connectivity index is 1.45. The van der Waals surface area contributed by atoms with E-state index in [1.807, 2.05) is 30.5 Å². The number of rotatable bonds is 4. The Bertz CT molecular complexity index is 961. The highest BCUT2D eigenvalue weighted by Gasteiger charge is 2.43. The number of hydrogen-bond acceptors (Lipinski definition) is 5. The van der Waals surface area contributed by atoms with Crippen LogP contribution in [0.4, 0.5) is 0 Å². The van der Waals surface area contributed by atoms with Crippen LogP contribution in [-0.2, 0) is 9.59 Å². The lowest BCUT2D eigenvalue weighted by Crippen LogP contribution is -2.56. The molecule has 0 aliphatic carbocycles. The fraction of sp³-hybridized carbons (Fsp3) is 0.409. The van der Waals surface area contributed by atoms with Gasteiger partial charge in [0.05, 0.1) is 11.6 Å². The second-order valence-electron chi connectivity index (χ2n) is 7.81. The van der Waals surface area contributed by atoms with Crippen molar-refractivity contribution in [2.75, 3.05) is 6.54 Å². The van der Waals surface area contributed by atoms with Gasteiger partial charge in [-0.1, -0.05) is 18.2 Å². The van der Waals surface area contributed by atoms with Crippen LogP contribution in [0.1, 0.15) is 54.4 Å². The zero-order valence-corrected chi connectivity index (χ0v) is 17.8. The molecule has 2 aliphatic rings. The average molecular weight is 428 g/mol. The lowest BCUT2D eigenvalue weighted by atomic mass is 10.0. The highest BCUT2D eigenvalue weighted by molar-refractivity contribution is 7.10. The van der Waals surface area contributed by atoms with Crippen LogP contribution < -0.4 is 15.4 Å². The maximum Gasteiger partial charge on any atom is 0.258 e. The molecular formula is C22H25N3O4S. The van der Waals surface area contributed by atoms with Gasteiger partial charge in [-0.05, 0) is 37.4 Å². The van der Waals surface area contributed by atoms with Crippen LogP contribution in [0.2, 0.25) is 0 Å². The predicted molar refractivity (Wildman–Crippen MR) is 113 cm³/mol. The fourth-order valence-corrected chi connectivity index (χ4v) is 4.71. The maximum absolute atomic E-state index is 12.8. The SMILES string of the molecule is C[C@H](NC(=O)[C@H](C)N1CC[C@@]2(CCC1=O)NC(=O)c1ccccc1O2)c1cccs1. The van der Waals surface area contributed by atoms with Gasteiger partial charge in [-0.3, -0.25) is 14.4 Å². The van der Waals surface area contributed by atoms with Crippen molar-refractivity contribution in [1.82, 2.24) is 15.5 Å². The van der Waals surface area contributed by atoms with Crippen molar-refractivity contribution in [2.45, 2.75) is 50.9 Å². The van der Waals surface area contributed by atoms with E-state index in [0.29, 0.717) is 30.7 Å². The van der Waals surface area contributed by atoms with Gasteiger partial charge in [-0.2, -0.15) is 0 Å². The van der Waals surface area contributed by atoms with Gasteiger partial charge in [0.15, 0.2) is 5.72 Å². The first-order valence-corrected chi connectivity index (χ1v) is 11.0. The Morgan fingerprint density at radius 1 is 1.20 bits per heavy atom. The van der Waals surface area contributed by atoms with Crippen LogP contribution in [0, 0.1) is 0 Å². The van der Waals surface area contributed by atoms with E-state index in [9.17, 15) is 14.4 Å². The van der Waals surface area contributed by atoms with Crippen LogP contribution in [0.25, 0.3) is 0 Å². The molecule has 0 radical (unpaired) electrons. The summed E-state index contributed by atoms with van der Waals surface area (Å²) in [4.78, 5) is 40.8. The third-order valence-corrected chi connectivity index (χ3v) is 6.83. The molecule has 1 aromatic heterocycles. The smallest absolute Gasteiger partial charge is 0.258 e. The molecule has 3 amide bonds. The zero-order valence-electron chi connectivity index (χ0n) is 17.0. The van der Waals surface area contributed by atoms with E-state index < -0.39 is 11.8 Å². The molecule has 1 saturated heterocycles. The summed E-state index contributed by atoms with van der Waals surface area (Å²) < 4.78 is 6.15. The summed E-state index contributed by atoms with van der Waals surface area (Å²) in [6.07, 6.45) is 0.972. The molecule has 2 N–H and O–H groups in total. The minimum Gasteiger partial charge on any atom is -0.467 e. The van der Waals surface area contributed by atoms with Crippen molar-refractivity contribution in [3.8, 4) is 5.75 Å². The lowest BCUT2D eigenvalue weighted by Gasteiger charge is -2.38. The van der Waals surface area contributed by atoms with Gasteiger partial charge in [0, 0.05) is 30.7 Å². The molecule has 0 unspecified atom stereocenters. The highest BCUT2D eigenvalue weighted by Crippen LogP contribution is 2.34. The molecule has 0 saturated carbocycles. The molecule has 2 aromatic rings. The van der Waals surface area contributed by atoms with Gasteiger partial charge in [-0.25, -0.2) is 0 Å². The number of carbonyl (C=O) groups is 3. The number of nitrogens with one attached hydrogen (secondary N) is 2. The molecule has 0 bridgehead atoms. The van der Waals surface area contributed by atoms with Crippen molar-refractivity contribution in [3.05, 3.63) is 52.2 Å². The summed E-state index contributed by atoms with van der Waals surface area (Å²) >= 11 is 1.58. The first-order chi connectivity index (χ1) is 14.4. The van der Waals surface area contributed by atoms with E-state index >= 15 is 0 Å². The molecule has 158 valence electrons. The molecule has 7 nitrogen and oxygen atoms in total. The molecule has 30 heavy (non-hydrogen) atoms. The summed E-state index contributed by atoms with van der Waals surface area (Å²) in [5, 5.41) is 7.90. The molecule has 3 heterocycles. The van der Waals surface area contributed by atoms with E-state index in [1.54, 1.807) is 41.4 Å². The minimum atomic E-state index is -0.934. The molecular weight excluding hydrogens is 402 g/mol. The van der Waals surface area contributed by atoms with Crippen molar-refractivity contribution in [3.63, 3.8) is 0 Å². The van der Waals surface area contributed by atoms with Crippen LogP contribution in [0.15, 0.2) is 41.8 Å². The standard InChI is InChI=1S/C22H25N3O4S/c1-14(18-8-5-13-30-18)23-20(27)15(2)25-12-11-22(10-9-19(25)26)24-21(28)16-6-3-4-7-17(16)29-22/h3-8,13-15H,9-12H2,1-2H3,(H,23,27)(H,24,28)/t14-,15-,22-/m0/s1. The molecule has 3 atom stereocenters. The van der Waals surface area contributed by atoms with Crippen molar-refractivity contribution in [2.24, 2.45) is 0 Å². The van der Waals surface area contributed by atoms with Crippen LogP contribution in [-0.4, -0.2) is 40.9 Å². The van der Waals surface area contributed by atoms with E-state index in [4.69, 9.17) is 4.74 Å². The summed E-state index contributed by atoms with van der Waals surface area (Å²) in [7, 11) is 0. The number of nitrogens with zero attached hydrogens (tertiary/aromatic N) is 1. The third kappa shape index (κ3) is 3.92. The number of thiophene rings is 1. The topological polar surface area (TPSA) is 87.7 Å². The normalized spacial score (nSPS) is 23.1. The largest absolute Gasteiger partial charge is 0.467 e. The Labute approximate surface area is 179 Å². The number of ether oxygens (including phenoxy) is 1. The first-order valence-electron chi connectivity index (χ1n) is 10.1. The second kappa shape index (κ2) is 8.10. The van der Waals surface area contributed by atoms with E-state index in [-0.39, 0.29) is 30.2 Å². The second-order valence-corrected chi connectivity index (χ2v) is 8.78. The van der Waals surface area contributed by atoms with Gasteiger partial charge in [0.1, 0.15) is 11.8 Å². The summed E-state index contributed by atoms with van der Waals surface area (Å²) in [6, 6.07) is 10.3. The number of benzene rings is 1. The van der Waals surface area contributed by atoms with Crippen LogP contribution in [0.3, 0.4) is 0 Å². The number of carbonyl (C=O) groups excluding carboxylic acids is 3. The summed E-state index contributed by atoms with van der Waals surface area (Å²) in [6.45, 7) is 3.99. The number of amides is 3. The van der Waals surface area contributed by atoms with Crippen molar-refractivity contribution in [1.29, 1.82) is 0 Å². The van der Waals surface area contributed by atoms with Crippen molar-refractivity contribution < 1.29 is 19.1 Å². The van der Waals surface area contributed by atoms with Crippen LogP contribution in [0.5, 0.6) is 5.75 Å². The Kier molecular flexibility index (Phi) is 5.51. The first kappa shape index (κ1) is 20.4. The number of fused-ring (bicyclic) bond motifs is 1. The lowest BCUT2D eigenvalue weighted by molar-refractivity contribution is -0.139. The zero-order chi connectivity index (χ0) is 21.3. The van der Waals surface area contributed by atoms with Crippen molar-refractivity contribution >= 4 is 29.1 Å². The monoisotopic (exact) mass is 427 g/mol. The molecule has 1 fully saturated rings. The van der Waals surface area contributed by atoms with E-state index in [2.05, 4.69) is 10.6 Å². The molecule has 1 aromatic carbocycles. The van der Waals surface area contributed by atoms with Gasteiger partial charge in [0.25, 0.3) is 5.91 Å². The number of likely N-dealkylation sites (tertiary alicyclic amines) is 1. The predicted octanol–water partition coefficient (Wildman–Crippen LogP) is 2.85. The molecule has 8 heteroatoms. The van der Waals surface area contributed by atoms with Gasteiger partial charge in [-0.15, -0.1) is 11.3 Å². The quantitative estimate of drug-likeness (QED) is 0.786. The van der Waals surface area contributed by atoms with E-state index in [1.165, 1.54) is 0 Å². The van der Waals surface area contributed by atoms with Gasteiger partial charge in [0.2, 0.25) is 11.8 Å². The third-order valence-electron chi connectivity index (χ3n) is 5.77.